The van der Waals surface area contributed by atoms with E-state index in [2.05, 4.69) is 0 Å². The fraction of sp³-hybridized carbons (Fsp3) is 1.00. The summed E-state index contributed by atoms with van der Waals surface area (Å²) in [4.78, 5) is 9.29. The topological polar surface area (TPSA) is 38.7 Å². The van der Waals surface area contributed by atoms with Gasteiger partial charge in [0.2, 0.25) is 0 Å². The van der Waals surface area contributed by atoms with Gasteiger partial charge in [0.15, 0.2) is 0 Å². The van der Waals surface area contributed by atoms with E-state index in [1.54, 1.807) is 0 Å². The molecule has 1 saturated carbocycles. The molecule has 1 rings (SSSR count). The smallest absolute Gasteiger partial charge is 0.328 e. The third-order valence-corrected chi connectivity index (χ3v) is 3.11. The number of hydrogen-bond acceptors (Lipinski definition) is 3. The Labute approximate surface area is 85.4 Å². The van der Waals surface area contributed by atoms with Crippen LogP contribution >= 0.6 is 20.2 Å². The van der Waals surface area contributed by atoms with Crippen molar-refractivity contribution in [2.24, 2.45) is 0 Å². The molecule has 0 aromatic rings. The number of rotatable bonds is 5. The summed E-state index contributed by atoms with van der Waals surface area (Å²) in [6.07, 6.45) is 5.96. The molecular weight excluding hydrogens is 211 g/mol. The predicted octanol–water partition coefficient (Wildman–Crippen LogP) is 2.81. The van der Waals surface area contributed by atoms with E-state index < -0.39 is 8.60 Å². The second-order valence-electron chi connectivity index (χ2n) is 3.13. The standard InChI is InChI=1S/C8H16ClO3P/c9-6-7-11-13(10)12-8-4-2-1-3-5-8/h8,10H,1-7H2. The highest BCUT2D eigenvalue weighted by atomic mass is 35.5. The quantitative estimate of drug-likeness (QED) is 0.579. The van der Waals surface area contributed by atoms with Crippen molar-refractivity contribution in [3.8, 4) is 0 Å². The monoisotopic (exact) mass is 226 g/mol. The van der Waals surface area contributed by atoms with Crippen molar-refractivity contribution in [1.29, 1.82) is 0 Å². The van der Waals surface area contributed by atoms with Crippen LogP contribution < -0.4 is 0 Å². The molecule has 78 valence electrons. The summed E-state index contributed by atoms with van der Waals surface area (Å²) in [5.41, 5.74) is 0. The fourth-order valence-corrected chi connectivity index (χ4v) is 2.40. The predicted molar refractivity (Wildman–Crippen MR) is 53.8 cm³/mol. The number of halogens is 1. The van der Waals surface area contributed by atoms with Gasteiger partial charge in [-0.25, -0.2) is 0 Å². The first-order valence-corrected chi connectivity index (χ1v) is 6.34. The summed E-state index contributed by atoms with van der Waals surface area (Å²) in [6, 6.07) is 0. The Morgan fingerprint density at radius 1 is 1.31 bits per heavy atom. The Hall–Kier alpha value is 0.600. The van der Waals surface area contributed by atoms with Gasteiger partial charge in [-0.05, 0) is 12.8 Å². The molecule has 0 spiro atoms. The van der Waals surface area contributed by atoms with Crippen LogP contribution in [0.15, 0.2) is 0 Å². The summed E-state index contributed by atoms with van der Waals surface area (Å²) >= 11 is 5.41. The van der Waals surface area contributed by atoms with E-state index in [1.165, 1.54) is 19.3 Å². The Morgan fingerprint density at radius 3 is 2.62 bits per heavy atom. The molecular formula is C8H16ClO3P. The van der Waals surface area contributed by atoms with Gasteiger partial charge in [-0.3, -0.25) is 0 Å². The second-order valence-corrected chi connectivity index (χ2v) is 4.45. The van der Waals surface area contributed by atoms with Crippen molar-refractivity contribution >= 4 is 20.2 Å². The highest BCUT2D eigenvalue weighted by Gasteiger charge is 2.18. The lowest BCUT2D eigenvalue weighted by Gasteiger charge is -2.23. The van der Waals surface area contributed by atoms with Crippen LogP contribution in [0.25, 0.3) is 0 Å². The maximum absolute atomic E-state index is 9.29. The third-order valence-electron chi connectivity index (χ3n) is 2.07. The van der Waals surface area contributed by atoms with Crippen molar-refractivity contribution < 1.29 is 13.9 Å². The maximum Gasteiger partial charge on any atom is 0.330 e. The Balaban J connectivity index is 2.07. The van der Waals surface area contributed by atoms with Gasteiger partial charge < -0.3 is 13.9 Å². The average Bonchev–Trinajstić information content (AvgIpc) is 2.16. The summed E-state index contributed by atoms with van der Waals surface area (Å²) in [6.45, 7) is 0.358. The normalized spacial score (nSPS) is 21.7. The molecule has 0 aromatic carbocycles. The summed E-state index contributed by atoms with van der Waals surface area (Å²) in [5.74, 6) is 0.396. The van der Waals surface area contributed by atoms with Gasteiger partial charge in [0.25, 0.3) is 0 Å². The van der Waals surface area contributed by atoms with Crippen LogP contribution in [0.1, 0.15) is 32.1 Å². The van der Waals surface area contributed by atoms with Crippen LogP contribution in [-0.4, -0.2) is 23.5 Å². The molecule has 0 bridgehead atoms. The molecule has 0 saturated heterocycles. The Bertz CT molecular complexity index is 131. The fourth-order valence-electron chi connectivity index (χ4n) is 1.44. The summed E-state index contributed by atoms with van der Waals surface area (Å²) in [7, 11) is -1.69. The first-order valence-electron chi connectivity index (χ1n) is 4.67. The van der Waals surface area contributed by atoms with Crippen LogP contribution in [0.5, 0.6) is 0 Å². The molecule has 1 aliphatic carbocycles. The minimum Gasteiger partial charge on any atom is -0.328 e. The van der Waals surface area contributed by atoms with E-state index in [9.17, 15) is 4.89 Å². The number of hydrogen-bond donors (Lipinski definition) is 1. The van der Waals surface area contributed by atoms with Gasteiger partial charge in [0.1, 0.15) is 0 Å². The van der Waals surface area contributed by atoms with Gasteiger partial charge in [-0.1, -0.05) is 19.3 Å². The zero-order chi connectivity index (χ0) is 9.52. The van der Waals surface area contributed by atoms with Crippen LogP contribution in [0.4, 0.5) is 0 Å². The average molecular weight is 227 g/mol. The van der Waals surface area contributed by atoms with Crippen molar-refractivity contribution in [1.82, 2.24) is 0 Å². The largest absolute Gasteiger partial charge is 0.330 e. The van der Waals surface area contributed by atoms with Gasteiger partial charge >= 0.3 is 8.60 Å². The minimum absolute atomic E-state index is 0.195. The van der Waals surface area contributed by atoms with E-state index >= 15 is 0 Å². The molecule has 13 heavy (non-hydrogen) atoms. The van der Waals surface area contributed by atoms with Crippen LogP contribution in [0.2, 0.25) is 0 Å². The zero-order valence-electron chi connectivity index (χ0n) is 7.62. The molecule has 1 atom stereocenters. The first kappa shape index (κ1) is 11.7. The van der Waals surface area contributed by atoms with E-state index in [4.69, 9.17) is 20.6 Å². The molecule has 1 aliphatic rings. The molecule has 0 aromatic heterocycles. The molecule has 0 amide bonds. The van der Waals surface area contributed by atoms with E-state index in [0.29, 0.717) is 12.5 Å². The third kappa shape index (κ3) is 5.14. The van der Waals surface area contributed by atoms with E-state index in [-0.39, 0.29) is 6.10 Å². The summed E-state index contributed by atoms with van der Waals surface area (Å²) in [5, 5.41) is 0. The van der Waals surface area contributed by atoms with Crippen LogP contribution in [0.3, 0.4) is 0 Å². The van der Waals surface area contributed by atoms with Crippen molar-refractivity contribution in [3.05, 3.63) is 0 Å². The lowest BCUT2D eigenvalue weighted by molar-refractivity contribution is 0.117. The first-order chi connectivity index (χ1) is 6.33. The molecule has 3 nitrogen and oxygen atoms in total. The van der Waals surface area contributed by atoms with Gasteiger partial charge in [-0.15, -0.1) is 11.6 Å². The lowest BCUT2D eigenvalue weighted by atomic mass is 9.98. The molecule has 5 heteroatoms. The molecule has 1 N–H and O–H groups in total. The number of alkyl halides is 1. The van der Waals surface area contributed by atoms with Crippen molar-refractivity contribution in [2.45, 2.75) is 38.2 Å². The van der Waals surface area contributed by atoms with E-state index in [1.807, 2.05) is 0 Å². The lowest BCUT2D eigenvalue weighted by Crippen LogP contribution is -2.14. The van der Waals surface area contributed by atoms with Crippen molar-refractivity contribution in [3.63, 3.8) is 0 Å². The Kier molecular flexibility index (Phi) is 6.26. The van der Waals surface area contributed by atoms with Crippen molar-refractivity contribution in [2.75, 3.05) is 12.5 Å². The zero-order valence-corrected chi connectivity index (χ0v) is 9.27. The molecule has 1 fully saturated rings. The molecule has 0 radical (unpaired) electrons. The second kappa shape index (κ2) is 6.97. The van der Waals surface area contributed by atoms with Crippen LogP contribution in [0, 0.1) is 0 Å². The highest BCUT2D eigenvalue weighted by molar-refractivity contribution is 7.40. The maximum atomic E-state index is 9.29. The Morgan fingerprint density at radius 2 is 2.00 bits per heavy atom. The molecule has 1 unspecified atom stereocenters. The van der Waals surface area contributed by atoms with Gasteiger partial charge in [0, 0.05) is 5.88 Å². The van der Waals surface area contributed by atoms with E-state index in [0.717, 1.165) is 12.8 Å². The highest BCUT2D eigenvalue weighted by Crippen LogP contribution is 2.38. The summed E-state index contributed by atoms with van der Waals surface area (Å²) < 4.78 is 10.3. The minimum atomic E-state index is -1.69. The SMILES string of the molecule is OP(OCCCl)OC1CCCCC1. The van der Waals surface area contributed by atoms with Gasteiger partial charge in [-0.2, -0.15) is 0 Å². The molecule has 0 heterocycles. The van der Waals surface area contributed by atoms with Gasteiger partial charge in [0.05, 0.1) is 12.7 Å². The molecule has 0 aliphatic heterocycles. The van der Waals surface area contributed by atoms with Crippen LogP contribution in [-0.2, 0) is 9.05 Å².